The fourth-order valence-corrected chi connectivity index (χ4v) is 1.94. The van der Waals surface area contributed by atoms with Gasteiger partial charge in [-0.15, -0.1) is 0 Å². The van der Waals surface area contributed by atoms with Crippen LogP contribution >= 0.6 is 0 Å². The molecule has 2 heterocycles. The number of nitrogens with zero attached hydrogens (tertiary/aromatic N) is 2. The number of carbonyl (C=O) groups is 1. The number of amides is 1. The zero-order valence-corrected chi connectivity index (χ0v) is 12.2. The molecule has 7 heteroatoms. The van der Waals surface area contributed by atoms with E-state index < -0.39 is 11.7 Å². The fourth-order valence-electron chi connectivity index (χ4n) is 1.94. The van der Waals surface area contributed by atoms with E-state index in [4.69, 9.17) is 4.52 Å². The number of hydrogen-bond donors (Lipinski definition) is 2. The number of anilines is 1. The van der Waals surface area contributed by atoms with Gasteiger partial charge in [-0.25, -0.2) is 9.37 Å². The predicted molar refractivity (Wildman–Crippen MR) is 75.5 cm³/mol. The molecule has 112 valence electrons. The topological polar surface area (TPSA) is 80.0 Å². The van der Waals surface area contributed by atoms with Gasteiger partial charge in [-0.3, -0.25) is 4.79 Å². The third-order valence-electron chi connectivity index (χ3n) is 3.05. The number of hydrogen-bond acceptors (Lipinski definition) is 5. The number of rotatable bonds is 5. The fraction of sp³-hybridized carbons (Fsp3) is 0.357. The first-order valence-electron chi connectivity index (χ1n) is 6.62. The van der Waals surface area contributed by atoms with Crippen molar-refractivity contribution in [3.8, 4) is 0 Å². The summed E-state index contributed by atoms with van der Waals surface area (Å²) in [6.45, 7) is 6.29. The number of aromatic nitrogens is 2. The Morgan fingerprint density at radius 2 is 2.19 bits per heavy atom. The van der Waals surface area contributed by atoms with Gasteiger partial charge in [0.25, 0.3) is 5.91 Å². The molecule has 0 unspecified atom stereocenters. The van der Waals surface area contributed by atoms with Gasteiger partial charge in [0, 0.05) is 18.7 Å². The second kappa shape index (κ2) is 6.34. The highest BCUT2D eigenvalue weighted by Crippen LogP contribution is 2.15. The maximum absolute atomic E-state index is 13.3. The van der Waals surface area contributed by atoms with Crippen LogP contribution in [0.15, 0.2) is 16.8 Å². The quantitative estimate of drug-likeness (QED) is 0.883. The van der Waals surface area contributed by atoms with Gasteiger partial charge >= 0.3 is 0 Å². The Bertz CT molecular complexity index is 635. The molecule has 2 N–H and O–H groups in total. The Balaban J connectivity index is 2.15. The maximum Gasteiger partial charge on any atom is 0.255 e. The standard InChI is InChI=1S/C14H17FN4O2/c1-4-16-13-11(5-10(15)6-17-13)14(20)18-7-12-8(2)19-21-9(12)3/h5-6H,4,7H2,1-3H3,(H,16,17)(H,18,20). The SMILES string of the molecule is CCNc1ncc(F)cc1C(=O)NCc1c(C)noc1C. The van der Waals surface area contributed by atoms with Crippen molar-refractivity contribution < 1.29 is 13.7 Å². The average molecular weight is 292 g/mol. The van der Waals surface area contributed by atoms with Gasteiger partial charge in [0.2, 0.25) is 0 Å². The second-order valence-corrected chi connectivity index (χ2v) is 4.57. The Kier molecular flexibility index (Phi) is 4.52. The smallest absolute Gasteiger partial charge is 0.255 e. The van der Waals surface area contributed by atoms with Crippen LogP contribution in [-0.2, 0) is 6.54 Å². The van der Waals surface area contributed by atoms with E-state index in [0.717, 1.165) is 23.5 Å². The first-order chi connectivity index (χ1) is 10.0. The van der Waals surface area contributed by atoms with Crippen molar-refractivity contribution in [2.75, 3.05) is 11.9 Å². The third-order valence-corrected chi connectivity index (χ3v) is 3.05. The summed E-state index contributed by atoms with van der Waals surface area (Å²) < 4.78 is 18.3. The van der Waals surface area contributed by atoms with E-state index in [0.29, 0.717) is 18.1 Å². The highest BCUT2D eigenvalue weighted by Gasteiger charge is 2.15. The molecular weight excluding hydrogens is 275 g/mol. The average Bonchev–Trinajstić information content (AvgIpc) is 2.77. The molecule has 2 aromatic heterocycles. The van der Waals surface area contributed by atoms with Crippen LogP contribution in [0.25, 0.3) is 0 Å². The lowest BCUT2D eigenvalue weighted by molar-refractivity contribution is 0.0951. The van der Waals surface area contributed by atoms with Crippen molar-refractivity contribution in [2.45, 2.75) is 27.3 Å². The van der Waals surface area contributed by atoms with Crippen molar-refractivity contribution in [3.05, 3.63) is 40.7 Å². The van der Waals surface area contributed by atoms with Crippen LogP contribution < -0.4 is 10.6 Å². The molecule has 2 rings (SSSR count). The van der Waals surface area contributed by atoms with Gasteiger partial charge in [0.15, 0.2) is 0 Å². The highest BCUT2D eigenvalue weighted by atomic mass is 19.1. The van der Waals surface area contributed by atoms with Crippen molar-refractivity contribution in [1.82, 2.24) is 15.5 Å². The van der Waals surface area contributed by atoms with Gasteiger partial charge in [-0.05, 0) is 26.8 Å². The Hall–Kier alpha value is -2.44. The van der Waals surface area contributed by atoms with Gasteiger partial charge in [-0.1, -0.05) is 5.16 Å². The molecule has 0 aromatic carbocycles. The van der Waals surface area contributed by atoms with E-state index in [-0.39, 0.29) is 12.1 Å². The highest BCUT2D eigenvalue weighted by molar-refractivity contribution is 5.98. The molecule has 0 atom stereocenters. The van der Waals surface area contributed by atoms with E-state index in [1.165, 1.54) is 0 Å². The maximum atomic E-state index is 13.3. The Morgan fingerprint density at radius 1 is 1.43 bits per heavy atom. The van der Waals surface area contributed by atoms with Gasteiger partial charge in [0.1, 0.15) is 17.4 Å². The van der Waals surface area contributed by atoms with E-state index >= 15 is 0 Å². The van der Waals surface area contributed by atoms with Crippen molar-refractivity contribution in [1.29, 1.82) is 0 Å². The molecular formula is C14H17FN4O2. The van der Waals surface area contributed by atoms with Crippen molar-refractivity contribution in [2.24, 2.45) is 0 Å². The lowest BCUT2D eigenvalue weighted by atomic mass is 10.2. The molecule has 6 nitrogen and oxygen atoms in total. The van der Waals surface area contributed by atoms with E-state index in [1.807, 2.05) is 6.92 Å². The van der Waals surface area contributed by atoms with Gasteiger partial charge < -0.3 is 15.2 Å². The summed E-state index contributed by atoms with van der Waals surface area (Å²) in [7, 11) is 0. The normalized spacial score (nSPS) is 10.5. The zero-order chi connectivity index (χ0) is 15.4. The van der Waals surface area contributed by atoms with Gasteiger partial charge in [-0.2, -0.15) is 0 Å². The van der Waals surface area contributed by atoms with Crippen LogP contribution in [0.3, 0.4) is 0 Å². The van der Waals surface area contributed by atoms with Crippen molar-refractivity contribution >= 4 is 11.7 Å². The summed E-state index contributed by atoms with van der Waals surface area (Å²) in [5.41, 5.74) is 1.71. The van der Waals surface area contributed by atoms with Crippen LogP contribution in [0, 0.1) is 19.7 Å². The van der Waals surface area contributed by atoms with Crippen LogP contribution in [-0.4, -0.2) is 22.6 Å². The van der Waals surface area contributed by atoms with Crippen LogP contribution in [0.1, 0.15) is 34.3 Å². The second-order valence-electron chi connectivity index (χ2n) is 4.57. The minimum Gasteiger partial charge on any atom is -0.370 e. The molecule has 0 saturated heterocycles. The number of pyridine rings is 1. The number of aryl methyl sites for hydroxylation is 2. The summed E-state index contributed by atoms with van der Waals surface area (Å²) in [5.74, 6) is 0.0457. The molecule has 0 fully saturated rings. The molecule has 0 spiro atoms. The van der Waals surface area contributed by atoms with E-state index in [9.17, 15) is 9.18 Å². The predicted octanol–water partition coefficient (Wildman–Crippen LogP) is 2.19. The molecule has 0 aliphatic rings. The lowest BCUT2D eigenvalue weighted by Crippen LogP contribution is -2.25. The molecule has 0 aliphatic heterocycles. The van der Waals surface area contributed by atoms with Crippen LogP contribution in [0.4, 0.5) is 10.2 Å². The summed E-state index contributed by atoms with van der Waals surface area (Å²) in [6, 6.07) is 1.16. The first kappa shape index (κ1) is 15.0. The first-order valence-corrected chi connectivity index (χ1v) is 6.62. The minimum absolute atomic E-state index is 0.170. The molecule has 0 aliphatic carbocycles. The van der Waals surface area contributed by atoms with Gasteiger partial charge in [0.05, 0.1) is 17.5 Å². The number of carbonyl (C=O) groups excluding carboxylic acids is 1. The summed E-state index contributed by atoms with van der Waals surface area (Å²) >= 11 is 0. The minimum atomic E-state index is -0.556. The Morgan fingerprint density at radius 3 is 2.81 bits per heavy atom. The molecule has 0 bridgehead atoms. The monoisotopic (exact) mass is 292 g/mol. The van der Waals surface area contributed by atoms with Crippen LogP contribution in [0.2, 0.25) is 0 Å². The summed E-state index contributed by atoms with van der Waals surface area (Å²) in [4.78, 5) is 16.1. The molecule has 2 aromatic rings. The van der Waals surface area contributed by atoms with Crippen molar-refractivity contribution in [3.63, 3.8) is 0 Å². The number of nitrogens with one attached hydrogen (secondary N) is 2. The summed E-state index contributed by atoms with van der Waals surface area (Å²) in [6.07, 6.45) is 1.07. The van der Waals surface area contributed by atoms with E-state index in [1.54, 1.807) is 13.8 Å². The zero-order valence-electron chi connectivity index (χ0n) is 12.2. The van der Waals surface area contributed by atoms with E-state index in [2.05, 4.69) is 20.8 Å². The summed E-state index contributed by atoms with van der Waals surface area (Å²) in [5, 5.41) is 9.47. The molecule has 0 radical (unpaired) electrons. The molecule has 21 heavy (non-hydrogen) atoms. The lowest BCUT2D eigenvalue weighted by Gasteiger charge is -2.10. The molecule has 0 saturated carbocycles. The van der Waals surface area contributed by atoms with Crippen LogP contribution in [0.5, 0.6) is 0 Å². The Labute approximate surface area is 121 Å². The number of halogens is 1. The third kappa shape index (κ3) is 3.36. The molecule has 1 amide bonds. The largest absolute Gasteiger partial charge is 0.370 e.